The van der Waals surface area contributed by atoms with Crippen molar-refractivity contribution in [3.05, 3.63) is 194 Å². The van der Waals surface area contributed by atoms with Crippen LogP contribution in [0.25, 0.3) is 44.5 Å². The summed E-state index contributed by atoms with van der Waals surface area (Å²) in [7, 11) is -10.4. The van der Waals surface area contributed by atoms with E-state index in [0.717, 1.165) is 90.5 Å². The summed E-state index contributed by atoms with van der Waals surface area (Å²) >= 11 is 0. The highest BCUT2D eigenvalue weighted by atomic mass is 28.4. The van der Waals surface area contributed by atoms with Crippen LogP contribution >= 0.6 is 0 Å². The van der Waals surface area contributed by atoms with Gasteiger partial charge in [0.15, 0.2) is 0 Å². The van der Waals surface area contributed by atoms with Crippen molar-refractivity contribution < 1.29 is 35.4 Å². The monoisotopic (exact) mass is 968 g/mol. The van der Waals surface area contributed by atoms with Gasteiger partial charge in [0, 0.05) is 52.4 Å². The lowest BCUT2D eigenvalue weighted by Gasteiger charge is -2.25. The molecule has 0 N–H and O–H groups in total. The molecule has 0 spiro atoms. The third kappa shape index (κ3) is 11.9. The molecule has 0 aromatic heterocycles. The molecule has 0 atom stereocenters. The van der Waals surface area contributed by atoms with E-state index in [-0.39, 0.29) is 0 Å². The van der Waals surface area contributed by atoms with Crippen LogP contribution < -0.4 is 35.4 Å². The fourth-order valence-corrected chi connectivity index (χ4v) is 13.9. The minimum absolute atomic E-state index is 0.766. The van der Waals surface area contributed by atoms with Crippen LogP contribution in [-0.4, -0.2) is 34.2 Å². The van der Waals surface area contributed by atoms with Crippen LogP contribution in [0.4, 0.5) is 0 Å². The Labute approximate surface area is 404 Å². The van der Waals surface area contributed by atoms with Crippen LogP contribution in [0, 0.1) is 0 Å². The van der Waals surface area contributed by atoms with Crippen LogP contribution in [0.2, 0.25) is 52.4 Å². The number of benzene rings is 8. The normalized spacial score (nSPS) is 15.9. The van der Waals surface area contributed by atoms with E-state index in [1.54, 1.807) is 0 Å². The van der Waals surface area contributed by atoms with Gasteiger partial charge in [0.2, 0.25) is 0 Å². The fourth-order valence-electron chi connectivity index (χ4n) is 8.08. The van der Waals surface area contributed by atoms with Crippen molar-refractivity contribution in [1.29, 1.82) is 0 Å². The summed E-state index contributed by atoms with van der Waals surface area (Å²) in [6.45, 7) is 16.4. The standard InChI is InChI=1S/C56H56O8Si4/c1-65(2)57-49-25-9-41(10-26-49)43-13-29-51(30-14-43)59-66(3,4)61-53-33-17-45(18-34-53)47-21-37-55(38-22-47)63-68(7,8)64-56-39-23-48(24-40-56)46-19-35-54(36-20-46)62-67(5,6)60-52-31-15-44(16-32-52)42-11-27-50(58-65)28-12-42/h9-40H,1-8H3. The van der Waals surface area contributed by atoms with Crippen molar-refractivity contribution in [2.45, 2.75) is 52.4 Å². The quantitative estimate of drug-likeness (QED) is 0.139. The third-order valence-electron chi connectivity index (χ3n) is 11.1. The maximum atomic E-state index is 6.46. The molecule has 0 radical (unpaired) electrons. The summed E-state index contributed by atoms with van der Waals surface area (Å²) in [5.41, 5.74) is 8.59. The van der Waals surface area contributed by atoms with Crippen LogP contribution in [0.1, 0.15) is 0 Å². The van der Waals surface area contributed by atoms with Gasteiger partial charge >= 0.3 is 34.2 Å². The smallest absolute Gasteiger partial charge is 0.454 e. The molecule has 21 rings (SSSR count). The molecular formula is C56H56O8Si4. The molecule has 13 heterocycles. The van der Waals surface area contributed by atoms with Gasteiger partial charge in [-0.3, -0.25) is 0 Å². The van der Waals surface area contributed by atoms with Crippen LogP contribution in [-0.2, 0) is 0 Å². The molecule has 8 aromatic rings. The predicted octanol–water partition coefficient (Wildman–Crippen LogP) is 15.3. The Kier molecular flexibility index (Phi) is 12.9. The molecule has 13 aliphatic heterocycles. The lowest BCUT2D eigenvalue weighted by Crippen LogP contribution is -2.41. The molecule has 8 aromatic carbocycles. The first-order valence-electron chi connectivity index (χ1n) is 22.8. The Morgan fingerprint density at radius 2 is 0.250 bits per heavy atom. The maximum Gasteiger partial charge on any atom is 0.454 e. The lowest BCUT2D eigenvalue weighted by molar-refractivity contribution is 0.398. The molecule has 13 aliphatic rings. The van der Waals surface area contributed by atoms with Crippen LogP contribution in [0.5, 0.6) is 46.0 Å². The Bertz CT molecular complexity index is 2330. The van der Waals surface area contributed by atoms with Gasteiger partial charge in [0.1, 0.15) is 46.0 Å². The van der Waals surface area contributed by atoms with Crippen LogP contribution in [0.15, 0.2) is 194 Å². The highest BCUT2D eigenvalue weighted by molar-refractivity contribution is 6.67. The van der Waals surface area contributed by atoms with E-state index in [4.69, 9.17) is 35.4 Å². The second-order valence-electron chi connectivity index (χ2n) is 18.6. The van der Waals surface area contributed by atoms with Crippen molar-refractivity contribution >= 4 is 34.2 Å². The van der Waals surface area contributed by atoms with Gasteiger partial charge in [-0.25, -0.2) is 0 Å². The Morgan fingerprint density at radius 1 is 0.162 bits per heavy atom. The summed E-state index contributed by atoms with van der Waals surface area (Å²) < 4.78 is 51.7. The SMILES string of the molecule is C[Si]1(C)Oc2ccc(cc2)-c2ccc(cc2)O[Si](C)(C)Oc2ccc(cc2)-c2ccc(cc2)O[Si](C)(C)Oc2ccc(cc2)-c2ccc(cc2)O[Si](C)(C)Oc2ccc(cc2)-c2ccc(cc2)O1. The van der Waals surface area contributed by atoms with Crippen LogP contribution in [0.3, 0.4) is 0 Å². The summed E-state index contributed by atoms with van der Waals surface area (Å²) in [4.78, 5) is 0. The van der Waals surface area contributed by atoms with E-state index >= 15 is 0 Å². The molecule has 0 fully saturated rings. The summed E-state index contributed by atoms with van der Waals surface area (Å²) in [5, 5.41) is 0. The van der Waals surface area contributed by atoms with Crippen molar-refractivity contribution in [1.82, 2.24) is 0 Å². The zero-order valence-corrected chi connectivity index (χ0v) is 43.7. The predicted molar refractivity (Wildman–Crippen MR) is 282 cm³/mol. The summed E-state index contributed by atoms with van der Waals surface area (Å²) in [5.74, 6) is 6.13. The largest absolute Gasteiger partial charge is 0.512 e. The molecule has 16 bridgehead atoms. The average Bonchev–Trinajstić information content (AvgIpc) is 3.30. The van der Waals surface area contributed by atoms with Gasteiger partial charge in [0.05, 0.1) is 0 Å². The molecule has 0 unspecified atom stereocenters. The molecular weight excluding hydrogens is 913 g/mol. The highest BCUT2D eigenvalue weighted by Crippen LogP contribution is 2.33. The summed E-state index contributed by atoms with van der Waals surface area (Å²) in [6, 6.07) is 65.1. The second kappa shape index (κ2) is 19.0. The van der Waals surface area contributed by atoms with Gasteiger partial charge < -0.3 is 35.4 Å². The lowest BCUT2D eigenvalue weighted by atomic mass is 10.1. The van der Waals surface area contributed by atoms with Crippen molar-refractivity contribution in [2.75, 3.05) is 0 Å². The van der Waals surface area contributed by atoms with Gasteiger partial charge in [0.25, 0.3) is 0 Å². The minimum Gasteiger partial charge on any atom is -0.512 e. The van der Waals surface area contributed by atoms with Gasteiger partial charge in [-0.1, -0.05) is 97.1 Å². The Balaban J connectivity index is 0.925. The molecule has 8 nitrogen and oxygen atoms in total. The van der Waals surface area contributed by atoms with Gasteiger partial charge in [-0.2, -0.15) is 0 Å². The Morgan fingerprint density at radius 3 is 0.338 bits per heavy atom. The van der Waals surface area contributed by atoms with E-state index in [1.807, 2.05) is 149 Å². The molecule has 0 saturated carbocycles. The van der Waals surface area contributed by atoms with Gasteiger partial charge in [-0.15, -0.1) is 0 Å². The molecule has 12 heteroatoms. The van der Waals surface area contributed by atoms with Gasteiger partial charge in [-0.05, 0) is 142 Å². The average molecular weight is 969 g/mol. The second-order valence-corrected chi connectivity index (χ2v) is 31.4. The molecule has 344 valence electrons. The fraction of sp³-hybridized carbons (Fsp3) is 0.143. The Hall–Kier alpha value is -6.97. The van der Waals surface area contributed by atoms with Crippen molar-refractivity contribution in [3.8, 4) is 90.5 Å². The highest BCUT2D eigenvalue weighted by Gasteiger charge is 2.32. The summed E-state index contributed by atoms with van der Waals surface area (Å²) in [6.07, 6.45) is 0. The van der Waals surface area contributed by atoms with E-state index in [9.17, 15) is 0 Å². The van der Waals surface area contributed by atoms with Crippen molar-refractivity contribution in [3.63, 3.8) is 0 Å². The minimum atomic E-state index is -2.60. The first kappa shape index (κ1) is 46.2. The molecule has 0 amide bonds. The van der Waals surface area contributed by atoms with E-state index < -0.39 is 34.2 Å². The third-order valence-corrected chi connectivity index (χ3v) is 16.9. The number of hydrogen-bond donors (Lipinski definition) is 0. The maximum absolute atomic E-state index is 6.46. The zero-order chi connectivity index (χ0) is 47.5. The molecule has 0 saturated heterocycles. The molecule has 0 aliphatic carbocycles. The van der Waals surface area contributed by atoms with E-state index in [1.165, 1.54) is 0 Å². The van der Waals surface area contributed by atoms with E-state index in [0.29, 0.717) is 0 Å². The molecule has 68 heavy (non-hydrogen) atoms. The number of rotatable bonds is 0. The first-order valence-corrected chi connectivity index (χ1v) is 34.1. The number of hydrogen-bond acceptors (Lipinski definition) is 8. The van der Waals surface area contributed by atoms with E-state index in [2.05, 4.69) is 97.1 Å². The topological polar surface area (TPSA) is 73.8 Å². The zero-order valence-electron chi connectivity index (χ0n) is 39.7. The van der Waals surface area contributed by atoms with Crippen molar-refractivity contribution in [2.24, 2.45) is 0 Å². The first-order chi connectivity index (χ1) is 32.5.